The number of hydrogen-bond donors (Lipinski definition) is 2. The van der Waals surface area contributed by atoms with E-state index in [4.69, 9.17) is 5.11 Å². The zero-order chi connectivity index (χ0) is 9.84. The fourth-order valence-electron chi connectivity index (χ4n) is 1.63. The second-order valence-corrected chi connectivity index (χ2v) is 4.19. The fourth-order valence-corrected chi connectivity index (χ4v) is 1.82. The van der Waals surface area contributed by atoms with Gasteiger partial charge in [0.2, 0.25) is 5.91 Å². The number of carbonyl (C=O) groups excluding carboxylic acids is 1. The van der Waals surface area contributed by atoms with Gasteiger partial charge in [-0.3, -0.25) is 4.79 Å². The molecule has 0 unspecified atom stereocenters. The fraction of sp³-hybridized carbons (Fsp3) is 0.889. The molecule has 0 aromatic carbocycles. The lowest BCUT2D eigenvalue weighted by atomic mass is 9.82. The average Bonchev–Trinajstić information content (AvgIpc) is 2.02. The number of nitrogens with zero attached hydrogens (tertiary/aromatic N) is 1. The van der Waals surface area contributed by atoms with Gasteiger partial charge < -0.3 is 10.0 Å². The Morgan fingerprint density at radius 3 is 2.69 bits per heavy atom. The monoisotopic (exact) mass is 203 g/mol. The molecule has 4 heteroatoms. The molecule has 13 heavy (non-hydrogen) atoms. The summed E-state index contributed by atoms with van der Waals surface area (Å²) in [6, 6.07) is 0. The SMILES string of the molecule is CN(CC1CC(O)C1)C(=O)CCS. The second-order valence-electron chi connectivity index (χ2n) is 3.74. The van der Waals surface area contributed by atoms with Crippen molar-refractivity contribution in [3.8, 4) is 0 Å². The van der Waals surface area contributed by atoms with E-state index in [1.54, 1.807) is 4.90 Å². The van der Waals surface area contributed by atoms with Gasteiger partial charge in [0, 0.05) is 20.0 Å². The van der Waals surface area contributed by atoms with Crippen LogP contribution in [0.4, 0.5) is 0 Å². The lowest BCUT2D eigenvalue weighted by molar-refractivity contribution is -0.131. The van der Waals surface area contributed by atoms with E-state index in [1.807, 2.05) is 7.05 Å². The lowest BCUT2D eigenvalue weighted by Gasteiger charge is -2.34. The summed E-state index contributed by atoms with van der Waals surface area (Å²) >= 11 is 4.01. The minimum Gasteiger partial charge on any atom is -0.393 e. The summed E-state index contributed by atoms with van der Waals surface area (Å²) in [4.78, 5) is 13.1. The maximum absolute atomic E-state index is 11.3. The van der Waals surface area contributed by atoms with E-state index >= 15 is 0 Å². The van der Waals surface area contributed by atoms with Crippen LogP contribution in [-0.4, -0.2) is 41.4 Å². The van der Waals surface area contributed by atoms with Crippen molar-refractivity contribution in [1.82, 2.24) is 4.90 Å². The molecule has 1 saturated carbocycles. The first-order valence-corrected chi connectivity index (χ1v) is 5.29. The van der Waals surface area contributed by atoms with Crippen molar-refractivity contribution in [1.29, 1.82) is 0 Å². The van der Waals surface area contributed by atoms with Gasteiger partial charge in [0.1, 0.15) is 0 Å². The van der Waals surface area contributed by atoms with Crippen LogP contribution in [0.2, 0.25) is 0 Å². The first-order valence-electron chi connectivity index (χ1n) is 4.66. The van der Waals surface area contributed by atoms with Crippen LogP contribution in [0.3, 0.4) is 0 Å². The van der Waals surface area contributed by atoms with Gasteiger partial charge in [0.15, 0.2) is 0 Å². The standard InChI is InChI=1S/C9H17NO2S/c1-10(9(12)2-3-13)6-7-4-8(11)5-7/h7-8,11,13H,2-6H2,1H3. The molecule has 1 aliphatic carbocycles. The summed E-state index contributed by atoms with van der Waals surface area (Å²) in [5.41, 5.74) is 0. The number of aliphatic hydroxyl groups excluding tert-OH is 1. The van der Waals surface area contributed by atoms with Gasteiger partial charge in [-0.2, -0.15) is 12.6 Å². The van der Waals surface area contributed by atoms with Gasteiger partial charge >= 0.3 is 0 Å². The maximum Gasteiger partial charge on any atom is 0.223 e. The van der Waals surface area contributed by atoms with Crippen molar-refractivity contribution in [3.63, 3.8) is 0 Å². The third-order valence-electron chi connectivity index (χ3n) is 2.49. The van der Waals surface area contributed by atoms with Crippen LogP contribution in [0.5, 0.6) is 0 Å². The molecule has 1 rings (SSSR count). The first-order chi connectivity index (χ1) is 6.13. The van der Waals surface area contributed by atoms with Crippen molar-refractivity contribution in [3.05, 3.63) is 0 Å². The number of aliphatic hydroxyl groups is 1. The molecule has 1 N–H and O–H groups in total. The highest BCUT2D eigenvalue weighted by atomic mass is 32.1. The first kappa shape index (κ1) is 10.9. The van der Waals surface area contributed by atoms with Crippen molar-refractivity contribution >= 4 is 18.5 Å². The summed E-state index contributed by atoms with van der Waals surface area (Å²) < 4.78 is 0. The van der Waals surface area contributed by atoms with Gasteiger partial charge in [0.05, 0.1) is 6.10 Å². The van der Waals surface area contributed by atoms with Gasteiger partial charge in [-0.15, -0.1) is 0 Å². The Bertz CT molecular complexity index is 180. The molecule has 0 saturated heterocycles. The van der Waals surface area contributed by atoms with Crippen molar-refractivity contribution in [2.24, 2.45) is 5.92 Å². The largest absolute Gasteiger partial charge is 0.393 e. The van der Waals surface area contributed by atoms with Gasteiger partial charge in [0.25, 0.3) is 0 Å². The van der Waals surface area contributed by atoms with Crippen LogP contribution in [0.1, 0.15) is 19.3 Å². The van der Waals surface area contributed by atoms with Crippen LogP contribution < -0.4 is 0 Å². The quantitative estimate of drug-likeness (QED) is 0.655. The number of rotatable bonds is 4. The van der Waals surface area contributed by atoms with E-state index < -0.39 is 0 Å². The summed E-state index contributed by atoms with van der Waals surface area (Å²) in [6.07, 6.45) is 2.07. The Morgan fingerprint density at radius 1 is 1.62 bits per heavy atom. The van der Waals surface area contributed by atoms with E-state index in [1.165, 1.54) is 0 Å². The van der Waals surface area contributed by atoms with E-state index in [0.717, 1.165) is 19.4 Å². The van der Waals surface area contributed by atoms with E-state index in [0.29, 0.717) is 18.1 Å². The molecule has 0 aromatic heterocycles. The van der Waals surface area contributed by atoms with Crippen LogP contribution in [-0.2, 0) is 4.79 Å². The number of carbonyl (C=O) groups is 1. The number of hydrogen-bond acceptors (Lipinski definition) is 3. The van der Waals surface area contributed by atoms with Crippen LogP contribution >= 0.6 is 12.6 Å². The zero-order valence-corrected chi connectivity index (χ0v) is 8.83. The summed E-state index contributed by atoms with van der Waals surface area (Å²) in [5, 5.41) is 9.06. The molecule has 0 aliphatic heterocycles. The summed E-state index contributed by atoms with van der Waals surface area (Å²) in [7, 11) is 1.82. The Morgan fingerprint density at radius 2 is 2.23 bits per heavy atom. The van der Waals surface area contributed by atoms with Crippen molar-refractivity contribution in [2.75, 3.05) is 19.3 Å². The molecule has 0 aromatic rings. The molecule has 76 valence electrons. The Hall–Kier alpha value is -0.220. The van der Waals surface area contributed by atoms with E-state index in [2.05, 4.69) is 12.6 Å². The van der Waals surface area contributed by atoms with Gasteiger partial charge in [-0.25, -0.2) is 0 Å². The summed E-state index contributed by atoms with van der Waals surface area (Å²) in [5.74, 6) is 1.26. The molecular weight excluding hydrogens is 186 g/mol. The third kappa shape index (κ3) is 3.19. The molecule has 0 spiro atoms. The molecule has 0 heterocycles. The predicted molar refractivity (Wildman–Crippen MR) is 54.8 cm³/mol. The molecule has 1 amide bonds. The highest BCUT2D eigenvalue weighted by Gasteiger charge is 2.28. The molecule has 1 aliphatic rings. The van der Waals surface area contributed by atoms with Crippen LogP contribution in [0, 0.1) is 5.92 Å². The van der Waals surface area contributed by atoms with Gasteiger partial charge in [-0.05, 0) is 24.5 Å². The molecular formula is C9H17NO2S. The zero-order valence-electron chi connectivity index (χ0n) is 7.94. The average molecular weight is 203 g/mol. The highest BCUT2D eigenvalue weighted by Crippen LogP contribution is 2.27. The highest BCUT2D eigenvalue weighted by molar-refractivity contribution is 7.80. The molecule has 1 fully saturated rings. The van der Waals surface area contributed by atoms with Crippen molar-refractivity contribution < 1.29 is 9.90 Å². The topological polar surface area (TPSA) is 40.5 Å². The number of amides is 1. The Labute approximate surface area is 84.5 Å². The van der Waals surface area contributed by atoms with E-state index in [-0.39, 0.29) is 12.0 Å². The van der Waals surface area contributed by atoms with Gasteiger partial charge in [-0.1, -0.05) is 0 Å². The summed E-state index contributed by atoms with van der Waals surface area (Å²) in [6.45, 7) is 0.781. The smallest absolute Gasteiger partial charge is 0.223 e. The maximum atomic E-state index is 11.3. The van der Waals surface area contributed by atoms with Crippen LogP contribution in [0.15, 0.2) is 0 Å². The normalized spacial score (nSPS) is 26.7. The van der Waals surface area contributed by atoms with E-state index in [9.17, 15) is 4.79 Å². The van der Waals surface area contributed by atoms with Crippen LogP contribution in [0.25, 0.3) is 0 Å². The number of thiol groups is 1. The minimum absolute atomic E-state index is 0.126. The molecule has 0 atom stereocenters. The minimum atomic E-state index is -0.126. The second kappa shape index (κ2) is 4.86. The molecule has 3 nitrogen and oxygen atoms in total. The lowest BCUT2D eigenvalue weighted by Crippen LogP contribution is -2.39. The Kier molecular flexibility index (Phi) is 4.06. The third-order valence-corrected chi connectivity index (χ3v) is 2.72. The molecule has 0 bridgehead atoms. The van der Waals surface area contributed by atoms with Crippen molar-refractivity contribution in [2.45, 2.75) is 25.4 Å². The molecule has 0 radical (unpaired) electrons. The predicted octanol–water partition coefficient (Wildman–Crippen LogP) is 0.536. The Balaban J connectivity index is 2.17.